The molecule has 1 nitrogen and oxygen atoms in total. The van der Waals surface area contributed by atoms with Crippen LogP contribution in [0.3, 0.4) is 0 Å². The van der Waals surface area contributed by atoms with Gasteiger partial charge in [0.05, 0.1) is 13.2 Å². The van der Waals surface area contributed by atoms with Crippen molar-refractivity contribution in [2.24, 2.45) is 5.92 Å². The predicted octanol–water partition coefficient (Wildman–Crippen LogP) is 2.73. The van der Waals surface area contributed by atoms with E-state index in [9.17, 15) is 0 Å². The van der Waals surface area contributed by atoms with Gasteiger partial charge in [-0.15, -0.1) is 11.8 Å². The van der Waals surface area contributed by atoms with Gasteiger partial charge in [-0.1, -0.05) is 17.7 Å². The maximum Gasteiger partial charge on any atom is 0.0524 e. The van der Waals surface area contributed by atoms with Crippen LogP contribution in [0.1, 0.15) is 5.56 Å². The van der Waals surface area contributed by atoms with E-state index in [0.717, 1.165) is 19.1 Å². The van der Waals surface area contributed by atoms with Crippen molar-refractivity contribution in [1.29, 1.82) is 0 Å². The highest BCUT2D eigenvalue weighted by Crippen LogP contribution is 2.24. The third-order valence-corrected chi connectivity index (χ3v) is 3.41. The minimum Gasteiger partial charge on any atom is -0.381 e. The van der Waals surface area contributed by atoms with E-state index < -0.39 is 0 Å². The Balaban J connectivity index is 1.86. The fourth-order valence-corrected chi connectivity index (χ4v) is 2.36. The number of rotatable bonds is 3. The topological polar surface area (TPSA) is 9.23 Å². The summed E-state index contributed by atoms with van der Waals surface area (Å²) in [5.41, 5.74) is 1.34. The third kappa shape index (κ3) is 2.48. The monoisotopic (exact) mass is 194 g/mol. The summed E-state index contributed by atoms with van der Waals surface area (Å²) in [5.74, 6) is 1.98. The molecule has 0 atom stereocenters. The van der Waals surface area contributed by atoms with Crippen LogP contribution in [0.5, 0.6) is 0 Å². The minimum absolute atomic E-state index is 0.783. The maximum absolute atomic E-state index is 5.13. The van der Waals surface area contributed by atoms with E-state index in [-0.39, 0.29) is 0 Å². The van der Waals surface area contributed by atoms with Crippen LogP contribution in [-0.2, 0) is 4.74 Å². The van der Waals surface area contributed by atoms with Gasteiger partial charge in [-0.3, -0.25) is 0 Å². The molecular formula is C11H14OS. The second-order valence-corrected chi connectivity index (χ2v) is 4.62. The summed E-state index contributed by atoms with van der Waals surface area (Å²) in [6.45, 7) is 4.05. The summed E-state index contributed by atoms with van der Waals surface area (Å²) in [7, 11) is 0. The van der Waals surface area contributed by atoms with Crippen LogP contribution in [0, 0.1) is 12.8 Å². The van der Waals surface area contributed by atoms with Crippen LogP contribution in [-0.4, -0.2) is 19.0 Å². The van der Waals surface area contributed by atoms with Gasteiger partial charge in [-0.25, -0.2) is 0 Å². The van der Waals surface area contributed by atoms with Gasteiger partial charge in [-0.05, 0) is 19.1 Å². The molecule has 0 aromatic heterocycles. The lowest BCUT2D eigenvalue weighted by Gasteiger charge is -2.25. The number of ether oxygens (including phenoxy) is 1. The van der Waals surface area contributed by atoms with E-state index in [1.807, 2.05) is 11.8 Å². The van der Waals surface area contributed by atoms with E-state index in [4.69, 9.17) is 4.74 Å². The molecule has 2 heteroatoms. The lowest BCUT2D eigenvalue weighted by Crippen LogP contribution is -2.29. The van der Waals surface area contributed by atoms with Crippen LogP contribution in [0.15, 0.2) is 29.2 Å². The zero-order valence-corrected chi connectivity index (χ0v) is 8.64. The zero-order valence-electron chi connectivity index (χ0n) is 7.82. The van der Waals surface area contributed by atoms with Gasteiger partial charge in [0.15, 0.2) is 0 Å². The molecule has 1 aromatic rings. The summed E-state index contributed by atoms with van der Waals surface area (Å²) in [4.78, 5) is 1.38. The van der Waals surface area contributed by atoms with Gasteiger partial charge in [0.1, 0.15) is 0 Å². The van der Waals surface area contributed by atoms with Crippen molar-refractivity contribution < 1.29 is 4.74 Å². The molecule has 1 aromatic carbocycles. The Morgan fingerprint density at radius 2 is 2.31 bits per heavy atom. The highest BCUT2D eigenvalue weighted by atomic mass is 32.2. The molecule has 0 amide bonds. The molecule has 70 valence electrons. The van der Waals surface area contributed by atoms with Crippen LogP contribution in [0.25, 0.3) is 0 Å². The van der Waals surface area contributed by atoms with E-state index in [2.05, 4.69) is 31.2 Å². The molecule has 0 radical (unpaired) electrons. The van der Waals surface area contributed by atoms with Gasteiger partial charge in [0.25, 0.3) is 0 Å². The number of thioether (sulfide) groups is 1. The molecule has 0 N–H and O–H groups in total. The van der Waals surface area contributed by atoms with Crippen molar-refractivity contribution >= 4 is 11.8 Å². The van der Waals surface area contributed by atoms with E-state index in [1.54, 1.807) is 0 Å². The number of aryl methyl sites for hydroxylation is 1. The normalized spacial score (nSPS) is 17.0. The van der Waals surface area contributed by atoms with Crippen molar-refractivity contribution in [2.75, 3.05) is 19.0 Å². The maximum atomic E-state index is 5.13. The van der Waals surface area contributed by atoms with Crippen LogP contribution in [0.2, 0.25) is 0 Å². The predicted molar refractivity (Wildman–Crippen MR) is 56.2 cm³/mol. The van der Waals surface area contributed by atoms with Crippen LogP contribution >= 0.6 is 11.8 Å². The van der Waals surface area contributed by atoms with Gasteiger partial charge < -0.3 is 4.74 Å². The average molecular weight is 194 g/mol. The third-order valence-electron chi connectivity index (χ3n) is 2.18. The first-order valence-corrected chi connectivity index (χ1v) is 5.60. The van der Waals surface area contributed by atoms with Crippen molar-refractivity contribution in [2.45, 2.75) is 11.8 Å². The Hall–Kier alpha value is -0.470. The van der Waals surface area contributed by atoms with E-state index in [0.29, 0.717) is 0 Å². The van der Waals surface area contributed by atoms with Crippen molar-refractivity contribution in [3.8, 4) is 0 Å². The number of benzene rings is 1. The minimum atomic E-state index is 0.783. The van der Waals surface area contributed by atoms with Crippen molar-refractivity contribution in [3.63, 3.8) is 0 Å². The molecule has 1 fully saturated rings. The van der Waals surface area contributed by atoms with Gasteiger partial charge >= 0.3 is 0 Å². The van der Waals surface area contributed by atoms with Gasteiger partial charge in [-0.2, -0.15) is 0 Å². The van der Waals surface area contributed by atoms with Gasteiger partial charge in [0.2, 0.25) is 0 Å². The summed E-state index contributed by atoms with van der Waals surface area (Å²) >= 11 is 1.94. The fourth-order valence-electron chi connectivity index (χ4n) is 1.30. The van der Waals surface area contributed by atoms with E-state index >= 15 is 0 Å². The molecule has 0 spiro atoms. The first-order valence-electron chi connectivity index (χ1n) is 4.62. The van der Waals surface area contributed by atoms with E-state index in [1.165, 1.54) is 16.2 Å². The Bertz CT molecular complexity index is 281. The molecule has 0 saturated carbocycles. The summed E-state index contributed by atoms with van der Waals surface area (Å²) < 4.78 is 5.13. The quantitative estimate of drug-likeness (QED) is 0.684. The molecule has 0 aliphatic carbocycles. The molecule has 1 saturated heterocycles. The lowest BCUT2D eigenvalue weighted by molar-refractivity contribution is -0.0196. The fraction of sp³-hybridized carbons (Fsp3) is 0.455. The Morgan fingerprint density at radius 1 is 1.46 bits per heavy atom. The first kappa shape index (κ1) is 9.10. The summed E-state index contributed by atoms with van der Waals surface area (Å²) in [5, 5.41) is 0. The molecule has 0 unspecified atom stereocenters. The Labute approximate surface area is 83.5 Å². The molecular weight excluding hydrogens is 180 g/mol. The molecule has 0 bridgehead atoms. The average Bonchev–Trinajstić information content (AvgIpc) is 2.01. The molecule has 1 aliphatic rings. The van der Waals surface area contributed by atoms with Crippen molar-refractivity contribution in [1.82, 2.24) is 0 Å². The number of hydrogen-bond donors (Lipinski definition) is 0. The smallest absolute Gasteiger partial charge is 0.0524 e. The summed E-state index contributed by atoms with van der Waals surface area (Å²) in [6.07, 6.45) is 0. The lowest BCUT2D eigenvalue weighted by atomic mass is 10.1. The van der Waals surface area contributed by atoms with Crippen LogP contribution in [0.4, 0.5) is 0 Å². The standard InChI is InChI=1S/C11H14OS/c1-9-3-2-4-11(5-9)13-8-10-6-12-7-10/h2-5,10H,6-8H2,1H3. The Morgan fingerprint density at radius 3 is 2.92 bits per heavy atom. The zero-order chi connectivity index (χ0) is 9.10. The number of hydrogen-bond acceptors (Lipinski definition) is 2. The molecule has 2 rings (SSSR count). The SMILES string of the molecule is Cc1cccc(SCC2COC2)c1. The second kappa shape index (κ2) is 4.16. The largest absolute Gasteiger partial charge is 0.381 e. The van der Waals surface area contributed by atoms with Crippen molar-refractivity contribution in [3.05, 3.63) is 29.8 Å². The molecule has 1 aliphatic heterocycles. The van der Waals surface area contributed by atoms with Crippen LogP contribution < -0.4 is 0 Å². The highest BCUT2D eigenvalue weighted by molar-refractivity contribution is 7.99. The second-order valence-electron chi connectivity index (χ2n) is 3.53. The summed E-state index contributed by atoms with van der Waals surface area (Å²) in [6, 6.07) is 8.67. The molecule has 1 heterocycles. The highest BCUT2D eigenvalue weighted by Gasteiger charge is 2.17. The van der Waals surface area contributed by atoms with Gasteiger partial charge in [0, 0.05) is 16.6 Å². The Kier molecular flexibility index (Phi) is 2.91. The first-order chi connectivity index (χ1) is 6.34. The molecule has 13 heavy (non-hydrogen) atoms.